The minimum Gasteiger partial charge on any atom is -0.324 e. The summed E-state index contributed by atoms with van der Waals surface area (Å²) in [7, 11) is 0. The van der Waals surface area contributed by atoms with Gasteiger partial charge in [-0.2, -0.15) is 4.37 Å². The number of rotatable bonds is 3. The SMILES string of the molecule is CC(N)c1c(F)cccc1Sc1ncns1. The molecule has 1 aromatic heterocycles. The summed E-state index contributed by atoms with van der Waals surface area (Å²) in [5.74, 6) is -0.274. The van der Waals surface area contributed by atoms with Crippen LogP contribution in [-0.2, 0) is 0 Å². The van der Waals surface area contributed by atoms with E-state index < -0.39 is 0 Å². The summed E-state index contributed by atoms with van der Waals surface area (Å²) in [6.07, 6.45) is 1.48. The van der Waals surface area contributed by atoms with Crippen molar-refractivity contribution in [3.05, 3.63) is 35.9 Å². The van der Waals surface area contributed by atoms with Crippen LogP contribution in [-0.4, -0.2) is 9.36 Å². The normalized spacial score (nSPS) is 12.7. The first-order valence-corrected chi connectivity index (χ1v) is 6.26. The van der Waals surface area contributed by atoms with Crippen molar-refractivity contribution in [1.82, 2.24) is 9.36 Å². The molecule has 6 heteroatoms. The van der Waals surface area contributed by atoms with Crippen LogP contribution in [0.2, 0.25) is 0 Å². The number of hydrogen-bond acceptors (Lipinski definition) is 5. The molecule has 0 radical (unpaired) electrons. The summed E-state index contributed by atoms with van der Waals surface area (Å²) in [4.78, 5) is 4.85. The molecule has 1 atom stereocenters. The van der Waals surface area contributed by atoms with E-state index in [1.807, 2.05) is 6.07 Å². The molecule has 0 fully saturated rings. The van der Waals surface area contributed by atoms with Crippen molar-refractivity contribution in [2.75, 3.05) is 0 Å². The third-order valence-corrected chi connectivity index (χ3v) is 3.80. The molecule has 0 bridgehead atoms. The van der Waals surface area contributed by atoms with Gasteiger partial charge in [-0.3, -0.25) is 0 Å². The van der Waals surface area contributed by atoms with Gasteiger partial charge in [0.1, 0.15) is 12.1 Å². The molecule has 2 aromatic rings. The Labute approximate surface area is 101 Å². The lowest BCUT2D eigenvalue weighted by Crippen LogP contribution is -2.08. The molecule has 2 rings (SSSR count). The lowest BCUT2D eigenvalue weighted by molar-refractivity contribution is 0.585. The van der Waals surface area contributed by atoms with E-state index in [1.54, 1.807) is 13.0 Å². The number of nitrogens with zero attached hydrogens (tertiary/aromatic N) is 2. The molecular formula is C10H10FN3S2. The van der Waals surface area contributed by atoms with Crippen LogP contribution in [0.3, 0.4) is 0 Å². The van der Waals surface area contributed by atoms with E-state index in [0.717, 1.165) is 9.24 Å². The minimum absolute atomic E-state index is 0.274. The molecule has 1 aromatic carbocycles. The predicted octanol–water partition coefficient (Wildman–Crippen LogP) is 2.85. The summed E-state index contributed by atoms with van der Waals surface area (Å²) in [6.45, 7) is 1.77. The second-order valence-corrected chi connectivity index (χ2v) is 5.32. The van der Waals surface area contributed by atoms with E-state index in [0.29, 0.717) is 5.56 Å². The van der Waals surface area contributed by atoms with E-state index in [2.05, 4.69) is 9.36 Å². The number of halogens is 1. The Morgan fingerprint density at radius 3 is 2.94 bits per heavy atom. The maximum absolute atomic E-state index is 13.6. The van der Waals surface area contributed by atoms with Crippen molar-refractivity contribution >= 4 is 23.3 Å². The van der Waals surface area contributed by atoms with Gasteiger partial charge in [0, 0.05) is 16.5 Å². The van der Waals surface area contributed by atoms with E-state index in [9.17, 15) is 4.39 Å². The van der Waals surface area contributed by atoms with Crippen molar-refractivity contribution in [1.29, 1.82) is 0 Å². The summed E-state index contributed by atoms with van der Waals surface area (Å²) < 4.78 is 18.3. The highest BCUT2D eigenvalue weighted by Crippen LogP contribution is 2.34. The van der Waals surface area contributed by atoms with Gasteiger partial charge < -0.3 is 5.73 Å². The molecule has 1 unspecified atom stereocenters. The Hall–Kier alpha value is -0.980. The molecule has 1 heterocycles. The van der Waals surface area contributed by atoms with Crippen molar-refractivity contribution in [2.24, 2.45) is 5.73 Å². The van der Waals surface area contributed by atoms with Crippen LogP contribution in [0.4, 0.5) is 4.39 Å². The Bertz CT molecular complexity index is 471. The van der Waals surface area contributed by atoms with Crippen molar-refractivity contribution < 1.29 is 4.39 Å². The highest BCUT2D eigenvalue weighted by molar-refractivity contribution is 8.01. The molecule has 2 N–H and O–H groups in total. The summed E-state index contributed by atoms with van der Waals surface area (Å²) in [5.41, 5.74) is 6.29. The molecule has 84 valence electrons. The number of nitrogens with two attached hydrogens (primary N) is 1. The highest BCUT2D eigenvalue weighted by Gasteiger charge is 2.14. The van der Waals surface area contributed by atoms with Gasteiger partial charge in [-0.05, 0) is 30.6 Å². The molecule has 0 saturated carbocycles. The molecule has 0 aliphatic carbocycles. The standard InChI is InChI=1S/C10H10FN3S2/c1-6(12)9-7(11)3-2-4-8(9)15-10-13-5-14-16-10/h2-6H,12H2,1H3. The molecule has 0 saturated heterocycles. The minimum atomic E-state index is -0.336. The molecule has 0 aliphatic rings. The Morgan fingerprint density at radius 2 is 2.31 bits per heavy atom. The van der Waals surface area contributed by atoms with Crippen LogP contribution in [0.5, 0.6) is 0 Å². The third kappa shape index (κ3) is 2.40. The van der Waals surface area contributed by atoms with Crippen LogP contribution in [0.25, 0.3) is 0 Å². The smallest absolute Gasteiger partial charge is 0.174 e. The fourth-order valence-corrected chi connectivity index (χ4v) is 3.00. The molecule has 0 amide bonds. The van der Waals surface area contributed by atoms with Gasteiger partial charge in [-0.25, -0.2) is 9.37 Å². The molecule has 0 aliphatic heterocycles. The van der Waals surface area contributed by atoms with Gasteiger partial charge in [0.05, 0.1) is 0 Å². The molecule has 16 heavy (non-hydrogen) atoms. The summed E-state index contributed by atoms with van der Waals surface area (Å²) in [5, 5.41) is 0. The lowest BCUT2D eigenvalue weighted by Gasteiger charge is -2.11. The van der Waals surface area contributed by atoms with Crippen molar-refractivity contribution in [3.8, 4) is 0 Å². The van der Waals surface area contributed by atoms with E-state index >= 15 is 0 Å². The van der Waals surface area contributed by atoms with Gasteiger partial charge in [-0.1, -0.05) is 17.8 Å². The molecule has 0 spiro atoms. The topological polar surface area (TPSA) is 51.8 Å². The van der Waals surface area contributed by atoms with Crippen molar-refractivity contribution in [3.63, 3.8) is 0 Å². The first kappa shape index (κ1) is 11.5. The van der Waals surface area contributed by atoms with E-state index in [1.165, 1.54) is 35.7 Å². The van der Waals surface area contributed by atoms with Crippen LogP contribution < -0.4 is 5.73 Å². The Morgan fingerprint density at radius 1 is 1.50 bits per heavy atom. The van der Waals surface area contributed by atoms with Crippen molar-refractivity contribution in [2.45, 2.75) is 22.2 Å². The average Bonchev–Trinajstić information content (AvgIpc) is 2.70. The largest absolute Gasteiger partial charge is 0.324 e. The zero-order valence-corrected chi connectivity index (χ0v) is 10.2. The van der Waals surface area contributed by atoms with Gasteiger partial charge in [-0.15, -0.1) is 0 Å². The quantitative estimate of drug-likeness (QED) is 0.916. The summed E-state index contributed by atoms with van der Waals surface area (Å²) in [6, 6.07) is 4.60. The Balaban J connectivity index is 2.37. The third-order valence-electron chi connectivity index (χ3n) is 2.01. The van der Waals surface area contributed by atoms with Gasteiger partial charge in [0.25, 0.3) is 0 Å². The van der Waals surface area contributed by atoms with Gasteiger partial charge in [0.15, 0.2) is 4.34 Å². The average molecular weight is 255 g/mol. The second kappa shape index (κ2) is 4.90. The van der Waals surface area contributed by atoms with Gasteiger partial charge >= 0.3 is 0 Å². The number of aromatic nitrogens is 2. The maximum atomic E-state index is 13.6. The lowest BCUT2D eigenvalue weighted by atomic mass is 10.1. The second-order valence-electron chi connectivity index (χ2n) is 3.25. The summed E-state index contributed by atoms with van der Waals surface area (Å²) >= 11 is 2.67. The number of hydrogen-bond donors (Lipinski definition) is 1. The predicted molar refractivity (Wildman–Crippen MR) is 63.0 cm³/mol. The zero-order chi connectivity index (χ0) is 11.5. The van der Waals surface area contributed by atoms with Crippen LogP contribution in [0.1, 0.15) is 18.5 Å². The fraction of sp³-hybridized carbons (Fsp3) is 0.200. The van der Waals surface area contributed by atoms with E-state index in [4.69, 9.17) is 5.73 Å². The number of benzene rings is 1. The molecular weight excluding hydrogens is 245 g/mol. The molecule has 3 nitrogen and oxygen atoms in total. The highest BCUT2D eigenvalue weighted by atomic mass is 32.2. The van der Waals surface area contributed by atoms with Crippen LogP contribution in [0, 0.1) is 5.82 Å². The fourth-order valence-electron chi connectivity index (χ4n) is 1.35. The first-order chi connectivity index (χ1) is 7.68. The Kier molecular flexibility index (Phi) is 3.52. The van der Waals surface area contributed by atoms with Crippen LogP contribution in [0.15, 0.2) is 33.8 Å². The first-order valence-electron chi connectivity index (χ1n) is 4.67. The van der Waals surface area contributed by atoms with E-state index in [-0.39, 0.29) is 11.9 Å². The zero-order valence-electron chi connectivity index (χ0n) is 8.55. The maximum Gasteiger partial charge on any atom is 0.174 e. The van der Waals surface area contributed by atoms with Gasteiger partial charge in [0.2, 0.25) is 0 Å². The monoisotopic (exact) mass is 255 g/mol. The van der Waals surface area contributed by atoms with Crippen LogP contribution >= 0.6 is 23.3 Å².